The highest BCUT2D eigenvalue weighted by atomic mass is 32.2. The van der Waals surface area contributed by atoms with E-state index in [1.165, 1.54) is 43.7 Å². The minimum Gasteiger partial charge on any atom is -0.317 e. The second-order valence-electron chi connectivity index (χ2n) is 4.98. The lowest BCUT2D eigenvalue weighted by Gasteiger charge is -2.33. The average molecular weight is 248 g/mol. The highest BCUT2D eigenvalue weighted by Gasteiger charge is 2.35. The van der Waals surface area contributed by atoms with Gasteiger partial charge in [0, 0.05) is 17.0 Å². The van der Waals surface area contributed by atoms with Crippen LogP contribution in [0.1, 0.15) is 25.7 Å². The van der Waals surface area contributed by atoms with E-state index in [1.54, 1.807) is 0 Å². The van der Waals surface area contributed by atoms with E-state index in [2.05, 4.69) is 40.0 Å². The zero-order chi connectivity index (χ0) is 11.5. The van der Waals surface area contributed by atoms with Gasteiger partial charge < -0.3 is 5.32 Å². The van der Waals surface area contributed by atoms with Crippen molar-refractivity contribution in [2.75, 3.05) is 13.1 Å². The van der Waals surface area contributed by atoms with Crippen LogP contribution in [0.3, 0.4) is 0 Å². The summed E-state index contributed by atoms with van der Waals surface area (Å²) in [7, 11) is 0. The van der Waals surface area contributed by atoms with Gasteiger partial charge >= 0.3 is 0 Å². The molecule has 0 unspecified atom stereocenters. The molecule has 1 N–H and O–H groups in total. The van der Waals surface area contributed by atoms with Crippen molar-refractivity contribution in [2.24, 2.45) is 0 Å². The zero-order valence-corrected chi connectivity index (χ0v) is 11.0. The van der Waals surface area contributed by atoms with Crippen LogP contribution in [0.4, 0.5) is 0 Å². The van der Waals surface area contributed by atoms with E-state index >= 15 is 0 Å². The normalized spacial score (nSPS) is 21.9. The Bertz CT molecular complexity index is 344. The number of hydrogen-bond acceptors (Lipinski definition) is 3. The summed E-state index contributed by atoms with van der Waals surface area (Å²) in [6, 6.07) is 12.4. The maximum Gasteiger partial charge on any atom is 0.0233 e. The van der Waals surface area contributed by atoms with Crippen LogP contribution in [0.5, 0.6) is 0 Å². The Hall–Kier alpha value is -0.510. The van der Waals surface area contributed by atoms with E-state index in [0.717, 1.165) is 12.1 Å². The van der Waals surface area contributed by atoms with Crippen molar-refractivity contribution < 1.29 is 0 Å². The van der Waals surface area contributed by atoms with Crippen LogP contribution in [-0.2, 0) is 0 Å². The van der Waals surface area contributed by atoms with Gasteiger partial charge in [-0.15, -0.1) is 0 Å². The molecular weight excluding hydrogens is 228 g/mol. The molecule has 0 bridgehead atoms. The van der Waals surface area contributed by atoms with Crippen molar-refractivity contribution in [1.29, 1.82) is 0 Å². The van der Waals surface area contributed by atoms with Crippen LogP contribution in [0.2, 0.25) is 0 Å². The molecule has 17 heavy (non-hydrogen) atoms. The third-order valence-corrected chi connectivity index (χ3v) is 4.82. The number of benzene rings is 1. The van der Waals surface area contributed by atoms with Crippen LogP contribution in [-0.4, -0.2) is 29.5 Å². The predicted molar refractivity (Wildman–Crippen MR) is 73.1 cm³/mol. The molecule has 1 saturated carbocycles. The fourth-order valence-electron chi connectivity index (χ4n) is 2.44. The van der Waals surface area contributed by atoms with Crippen molar-refractivity contribution in [3.05, 3.63) is 30.3 Å². The maximum absolute atomic E-state index is 3.46. The number of nitrogens with zero attached hydrogens (tertiary/aromatic N) is 1. The van der Waals surface area contributed by atoms with E-state index in [0.29, 0.717) is 0 Å². The van der Waals surface area contributed by atoms with E-state index in [1.807, 2.05) is 11.9 Å². The summed E-state index contributed by atoms with van der Waals surface area (Å²) in [5, 5.41) is 3.46. The number of hydrogen-bond donors (Lipinski definition) is 1. The van der Waals surface area contributed by atoms with Crippen molar-refractivity contribution in [1.82, 2.24) is 9.62 Å². The van der Waals surface area contributed by atoms with Crippen LogP contribution < -0.4 is 5.32 Å². The average Bonchev–Trinajstić information content (AvgIpc) is 3.23. The Kier molecular flexibility index (Phi) is 3.69. The first-order valence-corrected chi connectivity index (χ1v) is 7.43. The zero-order valence-electron chi connectivity index (χ0n) is 10.1. The SMILES string of the molecule is c1ccc(SN(C2CCNCC2)C2CC2)cc1. The summed E-state index contributed by atoms with van der Waals surface area (Å²) in [5.41, 5.74) is 0. The molecule has 0 spiro atoms. The van der Waals surface area contributed by atoms with Gasteiger partial charge in [0.25, 0.3) is 0 Å². The monoisotopic (exact) mass is 248 g/mol. The number of nitrogens with one attached hydrogen (secondary N) is 1. The summed E-state index contributed by atoms with van der Waals surface area (Å²) < 4.78 is 2.68. The largest absolute Gasteiger partial charge is 0.317 e. The lowest BCUT2D eigenvalue weighted by Crippen LogP contribution is -2.40. The Morgan fingerprint density at radius 2 is 1.59 bits per heavy atom. The topological polar surface area (TPSA) is 15.3 Å². The molecule has 1 heterocycles. The van der Waals surface area contributed by atoms with Crippen LogP contribution in [0, 0.1) is 0 Å². The third kappa shape index (κ3) is 3.03. The molecule has 2 nitrogen and oxygen atoms in total. The Labute approximate surface area is 108 Å². The minimum atomic E-state index is 0.772. The number of rotatable bonds is 4. The first-order valence-electron chi connectivity index (χ1n) is 6.65. The minimum absolute atomic E-state index is 0.772. The lowest BCUT2D eigenvalue weighted by molar-refractivity contribution is 0.276. The van der Waals surface area contributed by atoms with Gasteiger partial charge in [-0.05, 0) is 62.9 Å². The molecule has 1 aliphatic heterocycles. The van der Waals surface area contributed by atoms with Crippen molar-refractivity contribution in [2.45, 2.75) is 42.7 Å². The molecular formula is C14H20N2S. The van der Waals surface area contributed by atoms with Gasteiger partial charge in [0.2, 0.25) is 0 Å². The lowest BCUT2D eigenvalue weighted by atomic mass is 10.1. The maximum atomic E-state index is 3.46. The van der Waals surface area contributed by atoms with Crippen LogP contribution in [0.15, 0.2) is 35.2 Å². The predicted octanol–water partition coefficient (Wildman–Crippen LogP) is 2.91. The second kappa shape index (κ2) is 5.42. The van der Waals surface area contributed by atoms with Gasteiger partial charge in [-0.2, -0.15) is 0 Å². The molecule has 1 aromatic rings. The molecule has 1 aromatic carbocycles. The van der Waals surface area contributed by atoms with Crippen molar-refractivity contribution in [3.63, 3.8) is 0 Å². The van der Waals surface area contributed by atoms with Crippen molar-refractivity contribution in [3.8, 4) is 0 Å². The smallest absolute Gasteiger partial charge is 0.0233 e. The van der Waals surface area contributed by atoms with Gasteiger partial charge in [-0.25, -0.2) is 4.31 Å². The Morgan fingerprint density at radius 3 is 2.24 bits per heavy atom. The molecule has 0 radical (unpaired) electrons. The third-order valence-electron chi connectivity index (χ3n) is 3.53. The quantitative estimate of drug-likeness (QED) is 0.825. The van der Waals surface area contributed by atoms with E-state index in [-0.39, 0.29) is 0 Å². The van der Waals surface area contributed by atoms with Gasteiger partial charge in [-0.1, -0.05) is 18.2 Å². The Balaban J connectivity index is 1.67. The Morgan fingerprint density at radius 1 is 0.941 bits per heavy atom. The fraction of sp³-hybridized carbons (Fsp3) is 0.571. The highest BCUT2D eigenvalue weighted by molar-refractivity contribution is 7.97. The summed E-state index contributed by atoms with van der Waals surface area (Å²) in [4.78, 5) is 1.39. The molecule has 2 fully saturated rings. The summed E-state index contributed by atoms with van der Waals surface area (Å²) >= 11 is 1.97. The molecule has 0 aromatic heterocycles. The standard InChI is InChI=1S/C14H20N2S/c1-2-4-14(5-3-1)17-16(12-6-7-12)13-8-10-15-11-9-13/h1-5,12-13,15H,6-11H2. The van der Waals surface area contributed by atoms with E-state index in [9.17, 15) is 0 Å². The summed E-state index contributed by atoms with van der Waals surface area (Å²) in [6.07, 6.45) is 5.39. The van der Waals surface area contributed by atoms with Gasteiger partial charge in [0.15, 0.2) is 0 Å². The van der Waals surface area contributed by atoms with E-state index in [4.69, 9.17) is 0 Å². The van der Waals surface area contributed by atoms with Crippen molar-refractivity contribution >= 4 is 11.9 Å². The molecule has 3 heteroatoms. The second-order valence-corrected chi connectivity index (χ2v) is 6.05. The van der Waals surface area contributed by atoms with Gasteiger partial charge in [0.1, 0.15) is 0 Å². The summed E-state index contributed by atoms with van der Waals surface area (Å²) in [5.74, 6) is 0. The molecule has 0 atom stereocenters. The van der Waals surface area contributed by atoms with Gasteiger partial charge in [0.05, 0.1) is 0 Å². The summed E-state index contributed by atoms with van der Waals surface area (Å²) in [6.45, 7) is 2.37. The van der Waals surface area contributed by atoms with Crippen LogP contribution >= 0.6 is 11.9 Å². The van der Waals surface area contributed by atoms with Crippen LogP contribution in [0.25, 0.3) is 0 Å². The molecule has 1 saturated heterocycles. The molecule has 3 rings (SSSR count). The van der Waals surface area contributed by atoms with Gasteiger partial charge in [-0.3, -0.25) is 0 Å². The fourth-order valence-corrected chi connectivity index (χ4v) is 3.68. The first kappa shape index (κ1) is 11.6. The molecule has 2 aliphatic rings. The number of piperidine rings is 1. The first-order chi connectivity index (χ1) is 8.43. The molecule has 92 valence electrons. The molecule has 0 amide bonds. The molecule has 1 aliphatic carbocycles. The highest BCUT2D eigenvalue weighted by Crippen LogP contribution is 2.39. The van der Waals surface area contributed by atoms with E-state index < -0.39 is 0 Å².